The molecule has 0 radical (unpaired) electrons. The third-order valence-corrected chi connectivity index (χ3v) is 4.90. The van der Waals surface area contributed by atoms with Crippen molar-refractivity contribution in [2.75, 3.05) is 5.32 Å². The molecule has 0 spiro atoms. The average molecular weight is 275 g/mol. The van der Waals surface area contributed by atoms with Crippen molar-refractivity contribution in [2.24, 2.45) is 16.7 Å². The van der Waals surface area contributed by atoms with E-state index in [0.29, 0.717) is 11.3 Å². The van der Waals surface area contributed by atoms with Crippen molar-refractivity contribution in [3.8, 4) is 0 Å². The van der Waals surface area contributed by atoms with Gasteiger partial charge >= 0.3 is 5.97 Å². The van der Waals surface area contributed by atoms with Gasteiger partial charge in [-0.3, -0.25) is 9.59 Å². The first-order chi connectivity index (χ1) is 9.18. The van der Waals surface area contributed by atoms with Gasteiger partial charge in [-0.25, -0.2) is 0 Å². The largest absolute Gasteiger partial charge is 0.481 e. The number of carboxylic acids is 1. The summed E-state index contributed by atoms with van der Waals surface area (Å²) in [7, 11) is 0. The van der Waals surface area contributed by atoms with Gasteiger partial charge in [-0.2, -0.15) is 0 Å². The van der Waals surface area contributed by atoms with Gasteiger partial charge in [0.2, 0.25) is 5.91 Å². The zero-order valence-corrected chi connectivity index (χ0v) is 12.4. The lowest BCUT2D eigenvalue weighted by molar-refractivity contribution is -0.136. The van der Waals surface area contributed by atoms with Crippen molar-refractivity contribution in [2.45, 2.75) is 34.1 Å². The van der Waals surface area contributed by atoms with Crippen LogP contribution in [0.3, 0.4) is 0 Å². The van der Waals surface area contributed by atoms with E-state index in [4.69, 9.17) is 5.11 Å². The molecular weight excluding hydrogens is 254 g/mol. The van der Waals surface area contributed by atoms with E-state index in [9.17, 15) is 9.59 Å². The highest BCUT2D eigenvalue weighted by Crippen LogP contribution is 2.68. The van der Waals surface area contributed by atoms with Gasteiger partial charge in [0.25, 0.3) is 0 Å². The fourth-order valence-corrected chi connectivity index (χ4v) is 3.02. The number of benzene rings is 1. The lowest BCUT2D eigenvalue weighted by atomic mass is 10.0. The lowest BCUT2D eigenvalue weighted by Crippen LogP contribution is -2.19. The maximum Gasteiger partial charge on any atom is 0.307 e. The number of carboxylic acid groups (broad SMARTS) is 1. The Morgan fingerprint density at radius 2 is 1.70 bits per heavy atom. The molecule has 0 saturated heterocycles. The van der Waals surface area contributed by atoms with Crippen LogP contribution in [0.1, 0.15) is 33.3 Å². The second-order valence-electron chi connectivity index (χ2n) is 6.59. The zero-order chi connectivity index (χ0) is 15.1. The van der Waals surface area contributed by atoms with Crippen molar-refractivity contribution in [3.05, 3.63) is 29.8 Å². The smallest absolute Gasteiger partial charge is 0.307 e. The number of nitrogens with one attached hydrogen (secondary N) is 1. The molecule has 1 aromatic carbocycles. The van der Waals surface area contributed by atoms with Crippen LogP contribution < -0.4 is 5.32 Å². The van der Waals surface area contributed by atoms with E-state index in [2.05, 4.69) is 33.0 Å². The molecule has 2 N–H and O–H groups in total. The second kappa shape index (κ2) is 4.62. The number of para-hydroxylation sites is 1. The first-order valence-electron chi connectivity index (χ1n) is 6.78. The third kappa shape index (κ3) is 2.30. The maximum atomic E-state index is 12.4. The summed E-state index contributed by atoms with van der Waals surface area (Å²) in [6.07, 6.45) is -0.0894. The highest BCUT2D eigenvalue weighted by molar-refractivity contribution is 5.97. The van der Waals surface area contributed by atoms with E-state index in [1.54, 1.807) is 24.3 Å². The summed E-state index contributed by atoms with van der Waals surface area (Å²) in [6, 6.07) is 7.05. The quantitative estimate of drug-likeness (QED) is 0.887. The fraction of sp³-hybridized carbons (Fsp3) is 0.500. The Morgan fingerprint density at radius 1 is 1.15 bits per heavy atom. The zero-order valence-electron chi connectivity index (χ0n) is 12.4. The molecule has 0 heterocycles. The SMILES string of the molecule is CC1(C)C(C(=O)Nc2ccccc2CC(=O)O)C1(C)C. The second-order valence-corrected chi connectivity index (χ2v) is 6.59. The molecule has 0 atom stereocenters. The summed E-state index contributed by atoms with van der Waals surface area (Å²) in [5.74, 6) is -0.982. The molecule has 1 fully saturated rings. The van der Waals surface area contributed by atoms with Crippen molar-refractivity contribution in [3.63, 3.8) is 0 Å². The minimum atomic E-state index is -0.904. The Morgan fingerprint density at radius 3 is 2.20 bits per heavy atom. The first-order valence-corrected chi connectivity index (χ1v) is 6.78. The number of carbonyl (C=O) groups excluding carboxylic acids is 1. The molecule has 20 heavy (non-hydrogen) atoms. The van der Waals surface area contributed by atoms with Crippen molar-refractivity contribution in [1.29, 1.82) is 0 Å². The summed E-state index contributed by atoms with van der Waals surface area (Å²) >= 11 is 0. The Hall–Kier alpha value is -1.84. The van der Waals surface area contributed by atoms with E-state index in [0.717, 1.165) is 0 Å². The van der Waals surface area contributed by atoms with E-state index >= 15 is 0 Å². The molecule has 0 aromatic heterocycles. The van der Waals surface area contributed by atoms with Crippen LogP contribution in [0, 0.1) is 16.7 Å². The number of amides is 1. The highest BCUT2D eigenvalue weighted by Gasteiger charge is 2.68. The van der Waals surface area contributed by atoms with E-state index in [1.165, 1.54) is 0 Å². The van der Waals surface area contributed by atoms with Crippen LogP contribution >= 0.6 is 0 Å². The van der Waals surface area contributed by atoms with E-state index < -0.39 is 5.97 Å². The molecule has 108 valence electrons. The number of aliphatic carboxylic acids is 1. The average Bonchev–Trinajstić information content (AvgIpc) is 2.71. The molecule has 4 heteroatoms. The van der Waals surface area contributed by atoms with Gasteiger partial charge in [0.15, 0.2) is 0 Å². The van der Waals surface area contributed by atoms with Crippen molar-refractivity contribution >= 4 is 17.6 Å². The van der Waals surface area contributed by atoms with Gasteiger partial charge in [-0.05, 0) is 22.5 Å². The van der Waals surface area contributed by atoms with Crippen LogP contribution in [0.5, 0.6) is 0 Å². The van der Waals surface area contributed by atoms with Gasteiger partial charge < -0.3 is 10.4 Å². The predicted octanol–water partition coefficient (Wildman–Crippen LogP) is 2.93. The van der Waals surface area contributed by atoms with E-state index in [-0.39, 0.29) is 29.1 Å². The van der Waals surface area contributed by atoms with Crippen LogP contribution in [0.2, 0.25) is 0 Å². The Kier molecular flexibility index (Phi) is 3.36. The van der Waals surface area contributed by atoms with Gasteiger partial charge in [0, 0.05) is 11.6 Å². The van der Waals surface area contributed by atoms with Crippen LogP contribution in [0.15, 0.2) is 24.3 Å². The Bertz CT molecular complexity index is 547. The molecule has 4 nitrogen and oxygen atoms in total. The Labute approximate surface area is 119 Å². The summed E-state index contributed by atoms with van der Waals surface area (Å²) in [4.78, 5) is 23.2. The third-order valence-electron chi connectivity index (χ3n) is 4.90. The summed E-state index contributed by atoms with van der Waals surface area (Å²) in [5, 5.41) is 11.8. The van der Waals surface area contributed by atoms with Crippen LogP contribution in [0.4, 0.5) is 5.69 Å². The standard InChI is InChI=1S/C16H21NO3/c1-15(2)13(16(15,3)4)14(20)17-11-8-6-5-7-10(11)9-12(18)19/h5-8,13H,9H2,1-4H3,(H,17,20)(H,18,19). The molecule has 1 aliphatic rings. The van der Waals surface area contributed by atoms with Gasteiger partial charge in [0.05, 0.1) is 6.42 Å². The lowest BCUT2D eigenvalue weighted by Gasteiger charge is -2.10. The van der Waals surface area contributed by atoms with Gasteiger partial charge in [-0.15, -0.1) is 0 Å². The number of carbonyl (C=O) groups is 2. The van der Waals surface area contributed by atoms with Crippen molar-refractivity contribution in [1.82, 2.24) is 0 Å². The molecule has 0 unspecified atom stereocenters. The molecular formula is C16H21NO3. The summed E-state index contributed by atoms with van der Waals surface area (Å²) in [5.41, 5.74) is 1.17. The first kappa shape index (κ1) is 14.6. The number of hydrogen-bond donors (Lipinski definition) is 2. The molecule has 0 aliphatic heterocycles. The molecule has 1 amide bonds. The maximum absolute atomic E-state index is 12.4. The number of hydrogen-bond acceptors (Lipinski definition) is 2. The van der Waals surface area contributed by atoms with Crippen LogP contribution in [-0.4, -0.2) is 17.0 Å². The van der Waals surface area contributed by atoms with Gasteiger partial charge in [-0.1, -0.05) is 45.9 Å². The normalized spacial score (nSPS) is 19.4. The predicted molar refractivity (Wildman–Crippen MR) is 77.5 cm³/mol. The minimum absolute atomic E-state index is 0.0289. The Balaban J connectivity index is 2.16. The topological polar surface area (TPSA) is 66.4 Å². The van der Waals surface area contributed by atoms with Crippen LogP contribution in [-0.2, 0) is 16.0 Å². The highest BCUT2D eigenvalue weighted by atomic mass is 16.4. The van der Waals surface area contributed by atoms with E-state index in [1.807, 2.05) is 0 Å². The summed E-state index contributed by atoms with van der Waals surface area (Å²) < 4.78 is 0. The fourth-order valence-electron chi connectivity index (χ4n) is 3.02. The molecule has 2 rings (SSSR count). The number of anilines is 1. The monoisotopic (exact) mass is 275 g/mol. The van der Waals surface area contributed by atoms with Gasteiger partial charge in [0.1, 0.15) is 0 Å². The van der Waals surface area contributed by atoms with Crippen molar-refractivity contribution < 1.29 is 14.7 Å². The molecule has 0 bridgehead atoms. The molecule has 1 aliphatic carbocycles. The van der Waals surface area contributed by atoms with Crippen LogP contribution in [0.25, 0.3) is 0 Å². The molecule has 1 aromatic rings. The summed E-state index contributed by atoms with van der Waals surface area (Å²) in [6.45, 7) is 8.33. The number of rotatable bonds is 4. The molecule has 1 saturated carbocycles. The minimum Gasteiger partial charge on any atom is -0.481 e.